The van der Waals surface area contributed by atoms with E-state index in [-0.39, 0.29) is 5.91 Å². The van der Waals surface area contributed by atoms with Crippen LogP contribution in [-0.4, -0.2) is 11.9 Å². The van der Waals surface area contributed by atoms with Crippen LogP contribution in [-0.2, 0) is 4.79 Å². The predicted molar refractivity (Wildman–Crippen MR) is 31.4 cm³/mol. The molecule has 1 amide bonds. The van der Waals surface area contributed by atoms with Crippen LogP contribution in [0.3, 0.4) is 0 Å². The summed E-state index contributed by atoms with van der Waals surface area (Å²) in [5.41, 5.74) is 0. The van der Waals surface area contributed by atoms with E-state index in [4.69, 9.17) is 0 Å². The summed E-state index contributed by atoms with van der Waals surface area (Å²) in [7, 11) is 0. The summed E-state index contributed by atoms with van der Waals surface area (Å²) in [6.07, 6.45) is 0.709. The van der Waals surface area contributed by atoms with Crippen molar-refractivity contribution in [1.29, 1.82) is 0 Å². The first-order valence-electron chi connectivity index (χ1n) is 2.99. The number of hydrogen-bond acceptors (Lipinski definition) is 1. The Kier molecular flexibility index (Phi) is 1.24. The van der Waals surface area contributed by atoms with Crippen LogP contribution >= 0.6 is 0 Å². The van der Waals surface area contributed by atoms with Crippen LogP contribution in [0.2, 0.25) is 0 Å². The first-order valence-corrected chi connectivity index (χ1v) is 2.99. The molecule has 1 aliphatic heterocycles. The maximum absolute atomic E-state index is 10.6. The van der Waals surface area contributed by atoms with Crippen LogP contribution in [0.5, 0.6) is 0 Å². The zero-order valence-electron chi connectivity index (χ0n) is 5.27. The molecule has 1 N–H and O–H groups in total. The van der Waals surface area contributed by atoms with Crippen LogP contribution in [0.25, 0.3) is 0 Å². The van der Waals surface area contributed by atoms with E-state index in [1.807, 2.05) is 6.92 Å². The molecule has 1 saturated heterocycles. The van der Waals surface area contributed by atoms with Crippen LogP contribution < -0.4 is 5.32 Å². The number of carbonyl (C=O) groups is 1. The second-order valence-corrected chi connectivity index (χ2v) is 2.54. The lowest BCUT2D eigenvalue weighted by Gasteiger charge is -2.04. The Hall–Kier alpha value is -0.530. The molecule has 0 radical (unpaired) electrons. The standard InChI is InChI=1S/C6H11NO/c1-4-3-6(8)7-5(4)2/h4-5H,3H2,1-2H3,(H,7,8)/t4-,5+/m1/s1. The molecule has 0 aliphatic carbocycles. The van der Waals surface area contributed by atoms with Crippen molar-refractivity contribution in [3.8, 4) is 0 Å². The molecule has 8 heavy (non-hydrogen) atoms. The van der Waals surface area contributed by atoms with Gasteiger partial charge in [0.15, 0.2) is 0 Å². The maximum atomic E-state index is 10.6. The molecule has 0 aromatic carbocycles. The molecule has 0 aromatic rings. The highest BCUT2D eigenvalue weighted by Gasteiger charge is 2.23. The van der Waals surface area contributed by atoms with Crippen LogP contribution in [0, 0.1) is 5.92 Å². The fraction of sp³-hybridized carbons (Fsp3) is 0.833. The van der Waals surface area contributed by atoms with Crippen LogP contribution in [0.1, 0.15) is 20.3 Å². The Bertz CT molecular complexity index is 99.1. The highest BCUT2D eigenvalue weighted by atomic mass is 16.1. The summed E-state index contributed by atoms with van der Waals surface area (Å²) in [5.74, 6) is 0.729. The Balaban J connectivity index is 2.51. The Morgan fingerprint density at radius 1 is 1.62 bits per heavy atom. The van der Waals surface area contributed by atoms with Gasteiger partial charge in [0.1, 0.15) is 0 Å². The topological polar surface area (TPSA) is 29.1 Å². The van der Waals surface area contributed by atoms with Gasteiger partial charge in [-0.2, -0.15) is 0 Å². The van der Waals surface area contributed by atoms with Gasteiger partial charge < -0.3 is 5.32 Å². The quantitative estimate of drug-likeness (QED) is 0.488. The van der Waals surface area contributed by atoms with Gasteiger partial charge in [0.25, 0.3) is 0 Å². The Labute approximate surface area is 49.3 Å². The molecule has 0 unspecified atom stereocenters. The van der Waals surface area contributed by atoms with Crippen molar-refractivity contribution in [3.05, 3.63) is 0 Å². The molecule has 2 nitrogen and oxygen atoms in total. The van der Waals surface area contributed by atoms with Crippen molar-refractivity contribution < 1.29 is 4.79 Å². The average molecular weight is 113 g/mol. The second kappa shape index (κ2) is 1.77. The zero-order valence-corrected chi connectivity index (χ0v) is 5.27. The van der Waals surface area contributed by atoms with Gasteiger partial charge in [-0.3, -0.25) is 4.79 Å². The molecule has 0 bridgehead atoms. The lowest BCUT2D eigenvalue weighted by Crippen LogP contribution is -2.24. The van der Waals surface area contributed by atoms with E-state index in [2.05, 4.69) is 12.2 Å². The summed E-state index contributed by atoms with van der Waals surface area (Å²) < 4.78 is 0. The summed E-state index contributed by atoms with van der Waals surface area (Å²) in [6.45, 7) is 4.12. The van der Waals surface area contributed by atoms with Gasteiger partial charge in [0, 0.05) is 12.5 Å². The number of carbonyl (C=O) groups excluding carboxylic acids is 1. The van der Waals surface area contributed by atoms with Crippen LogP contribution in [0.15, 0.2) is 0 Å². The number of rotatable bonds is 0. The molecule has 0 aromatic heterocycles. The highest BCUT2D eigenvalue weighted by Crippen LogP contribution is 2.13. The first kappa shape index (κ1) is 5.60. The van der Waals surface area contributed by atoms with E-state index < -0.39 is 0 Å². The number of nitrogens with one attached hydrogen (secondary N) is 1. The van der Waals surface area contributed by atoms with Gasteiger partial charge in [0.2, 0.25) is 5.91 Å². The summed E-state index contributed by atoms with van der Waals surface area (Å²) in [6, 6.07) is 0.391. The largest absolute Gasteiger partial charge is 0.353 e. The minimum Gasteiger partial charge on any atom is -0.353 e. The fourth-order valence-corrected chi connectivity index (χ4v) is 0.924. The maximum Gasteiger partial charge on any atom is 0.220 e. The van der Waals surface area contributed by atoms with E-state index in [0.29, 0.717) is 18.4 Å². The van der Waals surface area contributed by atoms with Crippen LogP contribution in [0.4, 0.5) is 0 Å². The molecule has 1 heterocycles. The lowest BCUT2D eigenvalue weighted by molar-refractivity contribution is -0.119. The highest BCUT2D eigenvalue weighted by molar-refractivity contribution is 5.78. The van der Waals surface area contributed by atoms with Crippen molar-refractivity contribution in [3.63, 3.8) is 0 Å². The summed E-state index contributed by atoms with van der Waals surface area (Å²) in [5, 5.41) is 2.83. The minimum atomic E-state index is 0.199. The van der Waals surface area contributed by atoms with Gasteiger partial charge in [-0.05, 0) is 12.8 Å². The van der Waals surface area contributed by atoms with Gasteiger partial charge in [-0.1, -0.05) is 6.92 Å². The third-order valence-corrected chi connectivity index (χ3v) is 1.75. The normalized spacial score (nSPS) is 37.5. The van der Waals surface area contributed by atoms with E-state index in [1.54, 1.807) is 0 Å². The van der Waals surface area contributed by atoms with Crippen molar-refractivity contribution in [1.82, 2.24) is 5.32 Å². The lowest BCUT2D eigenvalue weighted by atomic mass is 10.1. The van der Waals surface area contributed by atoms with Crippen molar-refractivity contribution in [2.75, 3.05) is 0 Å². The molecular weight excluding hydrogens is 102 g/mol. The fourth-order valence-electron chi connectivity index (χ4n) is 0.924. The zero-order chi connectivity index (χ0) is 6.15. The first-order chi connectivity index (χ1) is 3.70. The van der Waals surface area contributed by atoms with Gasteiger partial charge in [-0.25, -0.2) is 0 Å². The van der Waals surface area contributed by atoms with Crippen molar-refractivity contribution in [2.24, 2.45) is 5.92 Å². The molecule has 46 valence electrons. The third kappa shape index (κ3) is 0.831. The smallest absolute Gasteiger partial charge is 0.220 e. The number of amides is 1. The monoisotopic (exact) mass is 113 g/mol. The minimum absolute atomic E-state index is 0.199. The number of hydrogen-bond donors (Lipinski definition) is 1. The second-order valence-electron chi connectivity index (χ2n) is 2.54. The summed E-state index contributed by atoms with van der Waals surface area (Å²) in [4.78, 5) is 10.6. The molecule has 0 spiro atoms. The van der Waals surface area contributed by atoms with Gasteiger partial charge >= 0.3 is 0 Å². The molecule has 1 rings (SSSR count). The molecular formula is C6H11NO. The molecule has 0 saturated carbocycles. The molecule has 1 fully saturated rings. The Morgan fingerprint density at radius 3 is 2.38 bits per heavy atom. The SMILES string of the molecule is C[C@@H]1CC(=O)N[C@H]1C. The molecule has 2 heteroatoms. The van der Waals surface area contributed by atoms with Gasteiger partial charge in [0.05, 0.1) is 0 Å². The van der Waals surface area contributed by atoms with Crippen molar-refractivity contribution >= 4 is 5.91 Å². The van der Waals surface area contributed by atoms with E-state index >= 15 is 0 Å². The van der Waals surface area contributed by atoms with E-state index in [0.717, 1.165) is 0 Å². The van der Waals surface area contributed by atoms with E-state index in [9.17, 15) is 4.79 Å². The molecule has 1 aliphatic rings. The predicted octanol–water partition coefficient (Wildman–Crippen LogP) is 0.531. The average Bonchev–Trinajstić information content (AvgIpc) is 1.85. The molecule has 2 atom stereocenters. The summed E-state index contributed by atoms with van der Waals surface area (Å²) >= 11 is 0. The van der Waals surface area contributed by atoms with Gasteiger partial charge in [-0.15, -0.1) is 0 Å². The van der Waals surface area contributed by atoms with E-state index in [1.165, 1.54) is 0 Å². The third-order valence-electron chi connectivity index (χ3n) is 1.75. The van der Waals surface area contributed by atoms with Crippen molar-refractivity contribution in [2.45, 2.75) is 26.3 Å². The Morgan fingerprint density at radius 2 is 2.25 bits per heavy atom.